The highest BCUT2D eigenvalue weighted by Gasteiger charge is 2.46. The largest absolute Gasteiger partial charge is 0.298 e. The van der Waals surface area contributed by atoms with E-state index in [1.54, 1.807) is 0 Å². The lowest BCUT2D eigenvalue weighted by atomic mass is 10.0. The summed E-state index contributed by atoms with van der Waals surface area (Å²) in [7, 11) is 5.51. The number of rotatable bonds is 3. The molecule has 1 aliphatic rings. The second-order valence-electron chi connectivity index (χ2n) is 6.60. The summed E-state index contributed by atoms with van der Waals surface area (Å²) in [6, 6.07) is 32.6. The van der Waals surface area contributed by atoms with Crippen molar-refractivity contribution < 1.29 is 0 Å². The highest BCUT2D eigenvalue weighted by atomic mass is 31.2. The zero-order chi connectivity index (χ0) is 16.4. The fourth-order valence-electron chi connectivity index (χ4n) is 4.18. The molecule has 0 aromatic heterocycles. The third-order valence-corrected chi connectivity index (χ3v) is 9.69. The highest BCUT2D eigenvalue weighted by molar-refractivity contribution is 8.03. The van der Waals surface area contributed by atoms with Gasteiger partial charge in [0.15, 0.2) is 0 Å². The fraction of sp³-hybridized carbons (Fsp3) is 0.182. The van der Waals surface area contributed by atoms with Crippen molar-refractivity contribution in [2.24, 2.45) is 0 Å². The standard InChI is InChI=1S/C22H21BP/c23-24(20-14-8-3-9-15-20)21(18-10-4-1-5-11-18)16-17-22(24)19-12-6-2-7-13-19/h1-15,21-22H,16-17H2/t21-,22-/m0/s1. The van der Waals surface area contributed by atoms with Crippen molar-refractivity contribution in [3.8, 4) is 0 Å². The summed E-state index contributed by atoms with van der Waals surface area (Å²) in [5.74, 6) is 0. The third kappa shape index (κ3) is 2.62. The van der Waals surface area contributed by atoms with E-state index in [1.165, 1.54) is 29.3 Å². The van der Waals surface area contributed by atoms with Crippen molar-refractivity contribution in [1.82, 2.24) is 0 Å². The van der Waals surface area contributed by atoms with Crippen LogP contribution in [0.5, 0.6) is 0 Å². The van der Waals surface area contributed by atoms with E-state index >= 15 is 0 Å². The van der Waals surface area contributed by atoms with Crippen molar-refractivity contribution in [3.05, 3.63) is 102 Å². The second kappa shape index (κ2) is 6.57. The fourth-order valence-corrected chi connectivity index (χ4v) is 8.51. The molecule has 2 atom stereocenters. The van der Waals surface area contributed by atoms with Crippen molar-refractivity contribution in [2.45, 2.75) is 24.2 Å². The van der Waals surface area contributed by atoms with Gasteiger partial charge in [0.1, 0.15) is 0 Å². The van der Waals surface area contributed by atoms with Gasteiger partial charge in [0.2, 0.25) is 0 Å². The molecule has 0 saturated carbocycles. The van der Waals surface area contributed by atoms with E-state index < -0.39 is 7.14 Å². The van der Waals surface area contributed by atoms with E-state index in [0.29, 0.717) is 11.3 Å². The Labute approximate surface area is 146 Å². The molecule has 0 amide bonds. The average Bonchev–Trinajstić information content (AvgIpc) is 3.02. The molecule has 1 saturated heterocycles. The van der Waals surface area contributed by atoms with Crippen LogP contribution in [0.1, 0.15) is 35.3 Å². The van der Waals surface area contributed by atoms with Gasteiger partial charge >= 0.3 is 0 Å². The van der Waals surface area contributed by atoms with E-state index in [2.05, 4.69) is 91.0 Å². The second-order valence-corrected chi connectivity index (χ2v) is 10.0. The summed E-state index contributed by atoms with van der Waals surface area (Å²) < 4.78 is 0. The van der Waals surface area contributed by atoms with Gasteiger partial charge in [-0.3, -0.25) is 7.57 Å². The smallest absolute Gasteiger partial charge is 0.0522 e. The molecule has 1 aliphatic heterocycles. The highest BCUT2D eigenvalue weighted by Crippen LogP contribution is 2.80. The van der Waals surface area contributed by atoms with Crippen molar-refractivity contribution in [3.63, 3.8) is 0 Å². The lowest BCUT2D eigenvalue weighted by Gasteiger charge is -2.44. The molecule has 1 fully saturated rings. The molecule has 24 heavy (non-hydrogen) atoms. The minimum Gasteiger partial charge on any atom is -0.298 e. The number of hydrogen-bond acceptors (Lipinski definition) is 0. The van der Waals surface area contributed by atoms with Crippen LogP contribution in [-0.2, 0) is 0 Å². The van der Waals surface area contributed by atoms with Gasteiger partial charge in [-0.25, -0.2) is 7.14 Å². The van der Waals surface area contributed by atoms with Gasteiger partial charge in [-0.05, 0) is 36.1 Å². The van der Waals surface area contributed by atoms with Crippen LogP contribution in [0, 0.1) is 0 Å². The van der Waals surface area contributed by atoms with Gasteiger partial charge in [0.25, 0.3) is 0 Å². The molecule has 3 aromatic rings. The molecule has 0 nitrogen and oxygen atoms in total. The summed E-state index contributed by atoms with van der Waals surface area (Å²) >= 11 is 0. The van der Waals surface area contributed by atoms with Crippen LogP contribution in [0.15, 0.2) is 91.0 Å². The van der Waals surface area contributed by atoms with Crippen LogP contribution < -0.4 is 5.30 Å². The lowest BCUT2D eigenvalue weighted by Crippen LogP contribution is -2.18. The van der Waals surface area contributed by atoms with E-state index in [9.17, 15) is 0 Å². The zero-order valence-corrected chi connectivity index (χ0v) is 14.6. The average molecular weight is 327 g/mol. The Morgan fingerprint density at radius 2 is 0.958 bits per heavy atom. The van der Waals surface area contributed by atoms with Crippen molar-refractivity contribution in [1.29, 1.82) is 0 Å². The first kappa shape index (κ1) is 15.7. The minimum absolute atomic E-state index is 0.450. The molecule has 2 heteroatoms. The maximum Gasteiger partial charge on any atom is 0.0522 e. The molecule has 4 rings (SSSR count). The summed E-state index contributed by atoms with van der Waals surface area (Å²) in [6.45, 7) is 0. The zero-order valence-electron chi connectivity index (χ0n) is 13.8. The van der Waals surface area contributed by atoms with Gasteiger partial charge in [-0.1, -0.05) is 78.9 Å². The third-order valence-electron chi connectivity index (χ3n) is 5.32. The predicted octanol–water partition coefficient (Wildman–Crippen LogP) is 5.69. The lowest BCUT2D eigenvalue weighted by molar-refractivity contribution is 0.765. The Balaban J connectivity index is 1.85. The summed E-state index contributed by atoms with van der Waals surface area (Å²) in [5.41, 5.74) is 3.70. The van der Waals surface area contributed by atoms with E-state index in [-0.39, 0.29) is 0 Å². The Hall–Kier alpha value is -1.85. The first-order valence-electron chi connectivity index (χ1n) is 8.62. The SMILES string of the molecule is [B-][P+]1(c2ccccc2)[C@H](c2ccccc2)CC[C@H]1c1ccccc1. The van der Waals surface area contributed by atoms with E-state index in [1.807, 2.05) is 0 Å². The van der Waals surface area contributed by atoms with Gasteiger partial charge in [-0.15, -0.1) is 0 Å². The first-order valence-corrected chi connectivity index (χ1v) is 10.6. The summed E-state index contributed by atoms with van der Waals surface area (Å²) in [5, 5.41) is 1.35. The number of benzene rings is 3. The minimum atomic E-state index is -1.84. The maximum absolute atomic E-state index is 7.34. The molecule has 117 valence electrons. The van der Waals surface area contributed by atoms with Crippen LogP contribution in [0.2, 0.25) is 0 Å². The van der Waals surface area contributed by atoms with Crippen LogP contribution in [0.4, 0.5) is 0 Å². The Bertz CT molecular complexity index is 738. The van der Waals surface area contributed by atoms with Gasteiger partial charge in [-0.2, -0.15) is 0 Å². The van der Waals surface area contributed by atoms with Gasteiger partial charge in [0, 0.05) is 5.30 Å². The van der Waals surface area contributed by atoms with E-state index in [4.69, 9.17) is 7.57 Å². The van der Waals surface area contributed by atoms with Crippen LogP contribution in [-0.4, -0.2) is 7.57 Å². The van der Waals surface area contributed by atoms with Crippen molar-refractivity contribution in [2.75, 3.05) is 0 Å². The molecule has 0 unspecified atom stereocenters. The van der Waals surface area contributed by atoms with Gasteiger partial charge in [0.05, 0.1) is 11.3 Å². The van der Waals surface area contributed by atoms with E-state index in [0.717, 1.165) is 0 Å². The van der Waals surface area contributed by atoms with Crippen LogP contribution in [0.3, 0.4) is 0 Å². The molecule has 0 aliphatic carbocycles. The molecule has 1 heterocycles. The summed E-state index contributed by atoms with van der Waals surface area (Å²) in [4.78, 5) is 0. The Kier molecular flexibility index (Phi) is 4.29. The Morgan fingerprint density at radius 1 is 0.583 bits per heavy atom. The Morgan fingerprint density at radius 3 is 1.38 bits per heavy atom. The normalized spacial score (nSPS) is 22.4. The molecule has 3 aromatic carbocycles. The molecular formula is C22H21BP. The molecule has 0 spiro atoms. The maximum atomic E-state index is 7.34. The monoisotopic (exact) mass is 327 g/mol. The molecule has 3 radical (unpaired) electrons. The number of hydrogen-bond donors (Lipinski definition) is 0. The quantitative estimate of drug-likeness (QED) is 0.428. The summed E-state index contributed by atoms with van der Waals surface area (Å²) in [6.07, 6.45) is 2.34. The molecule has 0 N–H and O–H groups in total. The van der Waals surface area contributed by atoms with Crippen molar-refractivity contribution >= 4 is 20.0 Å². The topological polar surface area (TPSA) is 0 Å². The molecular weight excluding hydrogens is 306 g/mol. The van der Waals surface area contributed by atoms with Crippen LogP contribution in [0.25, 0.3) is 0 Å². The molecule has 0 bridgehead atoms. The first-order chi connectivity index (χ1) is 11.8. The van der Waals surface area contributed by atoms with Gasteiger partial charge < -0.3 is 0 Å². The predicted molar refractivity (Wildman–Crippen MR) is 106 cm³/mol. The van der Waals surface area contributed by atoms with Crippen LogP contribution >= 0.6 is 7.14 Å².